The molecule has 2 heterocycles. The summed E-state index contributed by atoms with van der Waals surface area (Å²) in [5.74, 6) is -0.298. The van der Waals surface area contributed by atoms with E-state index in [1.54, 1.807) is 18.2 Å². The zero-order chi connectivity index (χ0) is 16.2. The Morgan fingerprint density at radius 1 is 1.39 bits per heavy atom. The average Bonchev–Trinajstić information content (AvgIpc) is 3.18. The van der Waals surface area contributed by atoms with Gasteiger partial charge in [0.2, 0.25) is 11.7 Å². The quantitative estimate of drug-likeness (QED) is 0.764. The summed E-state index contributed by atoms with van der Waals surface area (Å²) in [6.07, 6.45) is 4.21. The molecule has 1 N–H and O–H groups in total. The van der Waals surface area contributed by atoms with Gasteiger partial charge in [-0.3, -0.25) is 9.36 Å². The lowest BCUT2D eigenvalue weighted by Crippen LogP contribution is -2.20. The first kappa shape index (κ1) is 14.7. The van der Waals surface area contributed by atoms with Gasteiger partial charge in [-0.25, -0.2) is 9.67 Å². The van der Waals surface area contributed by atoms with Crippen LogP contribution in [0.4, 0.5) is 5.69 Å². The molecule has 10 heteroatoms. The van der Waals surface area contributed by atoms with Crippen LogP contribution in [0.3, 0.4) is 0 Å². The topological polar surface area (TPSA) is 114 Å². The maximum absolute atomic E-state index is 12.2. The fourth-order valence-corrected chi connectivity index (χ4v) is 2.11. The number of carbonyl (C=O) groups excluding carboxylic acids is 1. The summed E-state index contributed by atoms with van der Waals surface area (Å²) in [6, 6.07) is 6.86. The highest BCUT2D eigenvalue weighted by atomic mass is 35.5. The lowest BCUT2D eigenvalue weighted by atomic mass is 10.2. The molecule has 0 saturated heterocycles. The van der Waals surface area contributed by atoms with Crippen LogP contribution in [0.1, 0.15) is 5.82 Å². The zero-order valence-electron chi connectivity index (χ0n) is 11.6. The Balaban J connectivity index is 1.84. The number of hydrogen-bond donors (Lipinski definition) is 1. The lowest BCUT2D eigenvalue weighted by molar-refractivity contribution is -0.116. The van der Waals surface area contributed by atoms with E-state index in [1.165, 1.54) is 28.2 Å². The molecule has 114 valence electrons. The van der Waals surface area contributed by atoms with Crippen molar-refractivity contribution in [2.45, 2.75) is 6.54 Å². The monoisotopic (exact) mass is 328 g/mol. The fraction of sp³-hybridized carbons (Fsp3) is 0.0769. The highest BCUT2D eigenvalue weighted by molar-refractivity contribution is 6.31. The normalized spacial score (nSPS) is 10.3. The molecule has 0 aliphatic heterocycles. The molecule has 2 aromatic heterocycles. The molecule has 0 bridgehead atoms. The molecule has 0 unspecified atom stereocenters. The highest BCUT2D eigenvalue weighted by Gasteiger charge is 2.12. The molecule has 0 atom stereocenters. The number of nitrogens with one attached hydrogen (secondary N) is 1. The molecule has 0 radical (unpaired) electrons. The lowest BCUT2D eigenvalue weighted by Gasteiger charge is -2.11. The number of rotatable bonds is 4. The van der Waals surface area contributed by atoms with Crippen LogP contribution in [-0.4, -0.2) is 35.4 Å². The molecular formula is C13H9ClN8O. The number of hydrogen-bond acceptors (Lipinski definition) is 6. The van der Waals surface area contributed by atoms with E-state index in [0.29, 0.717) is 16.4 Å². The van der Waals surface area contributed by atoms with E-state index in [1.807, 2.05) is 6.07 Å². The number of aromatic nitrogens is 6. The van der Waals surface area contributed by atoms with Crippen molar-refractivity contribution in [3.8, 4) is 11.8 Å². The van der Waals surface area contributed by atoms with Crippen molar-refractivity contribution in [3.05, 3.63) is 48.0 Å². The molecule has 3 aromatic rings. The Hall–Kier alpha value is -3.25. The van der Waals surface area contributed by atoms with Gasteiger partial charge in [0.15, 0.2) is 0 Å². The summed E-state index contributed by atoms with van der Waals surface area (Å²) >= 11 is 5.99. The fourth-order valence-electron chi connectivity index (χ4n) is 1.94. The maximum atomic E-state index is 12.2. The van der Waals surface area contributed by atoms with E-state index >= 15 is 0 Å². The Kier molecular flexibility index (Phi) is 3.99. The van der Waals surface area contributed by atoms with E-state index in [9.17, 15) is 4.79 Å². The second kappa shape index (κ2) is 6.25. The molecule has 23 heavy (non-hydrogen) atoms. The summed E-state index contributed by atoms with van der Waals surface area (Å²) in [5, 5.41) is 23.3. The highest BCUT2D eigenvalue weighted by Crippen LogP contribution is 2.23. The van der Waals surface area contributed by atoms with Crippen molar-refractivity contribution in [2.24, 2.45) is 0 Å². The molecule has 9 nitrogen and oxygen atoms in total. The third-order valence-electron chi connectivity index (χ3n) is 2.93. The van der Waals surface area contributed by atoms with Crippen LogP contribution in [0.15, 0.2) is 37.2 Å². The Morgan fingerprint density at radius 3 is 3.00 bits per heavy atom. The summed E-state index contributed by atoms with van der Waals surface area (Å²) in [5.41, 5.74) is 1.09. The van der Waals surface area contributed by atoms with Crippen LogP contribution in [0.5, 0.6) is 0 Å². The molecule has 1 aromatic carbocycles. The zero-order valence-corrected chi connectivity index (χ0v) is 12.3. The van der Waals surface area contributed by atoms with Gasteiger partial charge >= 0.3 is 0 Å². The Morgan fingerprint density at radius 2 is 2.26 bits per heavy atom. The largest absolute Gasteiger partial charge is 0.323 e. The average molecular weight is 329 g/mol. The van der Waals surface area contributed by atoms with Crippen molar-refractivity contribution >= 4 is 23.2 Å². The minimum Gasteiger partial charge on any atom is -0.323 e. The predicted molar refractivity (Wildman–Crippen MR) is 79.7 cm³/mol. The van der Waals surface area contributed by atoms with Gasteiger partial charge in [0.1, 0.15) is 31.6 Å². The summed E-state index contributed by atoms with van der Waals surface area (Å²) in [4.78, 5) is 16.1. The smallest absolute Gasteiger partial charge is 0.244 e. The Bertz CT molecular complexity index is 880. The SMILES string of the molecule is N#Cc1nncn1CC(=O)Nc1cc(Cl)ccc1-n1cncn1. The number of nitriles is 1. The van der Waals surface area contributed by atoms with E-state index in [-0.39, 0.29) is 18.3 Å². The van der Waals surface area contributed by atoms with Crippen LogP contribution in [0, 0.1) is 11.3 Å². The van der Waals surface area contributed by atoms with Crippen LogP contribution in [0.2, 0.25) is 5.02 Å². The van der Waals surface area contributed by atoms with Crippen LogP contribution in [0.25, 0.3) is 5.69 Å². The number of carbonyl (C=O) groups is 1. The van der Waals surface area contributed by atoms with Crippen molar-refractivity contribution in [3.63, 3.8) is 0 Å². The summed E-state index contributed by atoms with van der Waals surface area (Å²) in [7, 11) is 0. The molecule has 1 amide bonds. The van der Waals surface area contributed by atoms with Gasteiger partial charge in [-0.1, -0.05) is 11.6 Å². The first-order valence-electron chi connectivity index (χ1n) is 6.39. The van der Waals surface area contributed by atoms with Crippen molar-refractivity contribution in [1.82, 2.24) is 29.5 Å². The first-order chi connectivity index (χ1) is 11.2. The van der Waals surface area contributed by atoms with Gasteiger partial charge in [-0.2, -0.15) is 10.4 Å². The summed E-state index contributed by atoms with van der Waals surface area (Å²) < 4.78 is 2.85. The van der Waals surface area contributed by atoms with Gasteiger partial charge in [0.05, 0.1) is 11.4 Å². The second-order valence-corrected chi connectivity index (χ2v) is 4.88. The summed E-state index contributed by atoms with van der Waals surface area (Å²) in [6.45, 7) is -0.0980. The number of nitrogens with zero attached hydrogens (tertiary/aromatic N) is 7. The Labute approximate surface area is 135 Å². The van der Waals surface area contributed by atoms with Crippen molar-refractivity contribution in [1.29, 1.82) is 5.26 Å². The van der Waals surface area contributed by atoms with E-state index < -0.39 is 0 Å². The van der Waals surface area contributed by atoms with Gasteiger partial charge in [-0.15, -0.1) is 10.2 Å². The minimum absolute atomic E-state index is 0.0581. The molecule has 0 fully saturated rings. The van der Waals surface area contributed by atoms with E-state index in [2.05, 4.69) is 25.6 Å². The third-order valence-corrected chi connectivity index (χ3v) is 3.16. The third kappa shape index (κ3) is 3.17. The molecular weight excluding hydrogens is 320 g/mol. The second-order valence-electron chi connectivity index (χ2n) is 4.44. The van der Waals surface area contributed by atoms with E-state index in [0.717, 1.165) is 0 Å². The van der Waals surface area contributed by atoms with Crippen LogP contribution < -0.4 is 5.32 Å². The maximum Gasteiger partial charge on any atom is 0.244 e. The predicted octanol–water partition coefficient (Wildman–Crippen LogP) is 1.02. The van der Waals surface area contributed by atoms with E-state index in [4.69, 9.17) is 16.9 Å². The van der Waals surface area contributed by atoms with Gasteiger partial charge < -0.3 is 5.32 Å². The number of amides is 1. The van der Waals surface area contributed by atoms with Gasteiger partial charge in [0.25, 0.3) is 0 Å². The number of anilines is 1. The molecule has 3 rings (SSSR count). The van der Waals surface area contributed by atoms with Gasteiger partial charge in [-0.05, 0) is 18.2 Å². The molecule has 0 aliphatic rings. The van der Waals surface area contributed by atoms with Gasteiger partial charge in [0, 0.05) is 5.02 Å². The standard InChI is InChI=1S/C13H9ClN8O/c14-9-1-2-11(22-7-16-6-18-22)10(3-9)19-13(23)5-21-8-17-20-12(21)4-15/h1-3,6-8H,5H2,(H,19,23). The van der Waals surface area contributed by atoms with Crippen LogP contribution >= 0.6 is 11.6 Å². The minimum atomic E-state index is -0.357. The van der Waals surface area contributed by atoms with Crippen LogP contribution in [-0.2, 0) is 11.3 Å². The number of halogens is 1. The van der Waals surface area contributed by atoms with Crippen molar-refractivity contribution < 1.29 is 4.79 Å². The first-order valence-corrected chi connectivity index (χ1v) is 6.77. The molecule has 0 saturated carbocycles. The number of benzene rings is 1. The molecule has 0 aliphatic carbocycles. The van der Waals surface area contributed by atoms with Crippen molar-refractivity contribution in [2.75, 3.05) is 5.32 Å². The molecule has 0 spiro atoms.